The van der Waals surface area contributed by atoms with Gasteiger partial charge in [-0.1, -0.05) is 30.2 Å². The fourth-order valence-corrected chi connectivity index (χ4v) is 9.49. The Morgan fingerprint density at radius 2 is 1.75 bits per heavy atom. The molecule has 16 heteroatoms. The van der Waals surface area contributed by atoms with Crippen molar-refractivity contribution in [3.8, 4) is 5.88 Å². The van der Waals surface area contributed by atoms with Crippen LogP contribution in [0.1, 0.15) is 87.4 Å². The Hall–Kier alpha value is -5.25. The van der Waals surface area contributed by atoms with E-state index in [1.54, 1.807) is 13.8 Å². The van der Waals surface area contributed by atoms with Crippen LogP contribution in [0.25, 0.3) is 21.7 Å². The second kappa shape index (κ2) is 14.6. The normalized spacial score (nSPS) is 26.8. The van der Waals surface area contributed by atoms with Crippen molar-refractivity contribution in [2.75, 3.05) is 6.54 Å². The lowest BCUT2D eigenvalue weighted by molar-refractivity contribution is -0.140. The van der Waals surface area contributed by atoms with Crippen molar-refractivity contribution in [2.24, 2.45) is 11.3 Å². The number of pyridine rings is 1. The molecule has 2 aromatic carbocycles. The van der Waals surface area contributed by atoms with Crippen LogP contribution in [0.4, 0.5) is 8.78 Å². The number of allylic oxidation sites excluding steroid dienone is 2. The van der Waals surface area contributed by atoms with Crippen LogP contribution < -0.4 is 14.8 Å². The minimum Gasteiger partial charge on any atom is -0.472 e. The van der Waals surface area contributed by atoms with Crippen LogP contribution in [0.2, 0.25) is 0 Å². The van der Waals surface area contributed by atoms with Gasteiger partial charge in [0.25, 0.3) is 5.91 Å². The van der Waals surface area contributed by atoms with E-state index >= 15 is 0 Å². The van der Waals surface area contributed by atoms with Gasteiger partial charge < -0.3 is 19.5 Å². The molecule has 4 aliphatic rings. The second-order valence-corrected chi connectivity index (χ2v) is 18.4. The summed E-state index contributed by atoms with van der Waals surface area (Å²) < 4.78 is 68.1. The van der Waals surface area contributed by atoms with E-state index in [9.17, 15) is 36.4 Å². The molecule has 2 aromatic heterocycles. The highest BCUT2D eigenvalue weighted by Crippen LogP contribution is 2.57. The largest absolute Gasteiger partial charge is 0.472 e. The van der Waals surface area contributed by atoms with Crippen LogP contribution in [0.15, 0.2) is 59.1 Å². The molecule has 300 valence electrons. The lowest BCUT2D eigenvalue weighted by Gasteiger charge is -2.29. The number of halogens is 2. The first-order chi connectivity index (χ1) is 27.2. The van der Waals surface area contributed by atoms with E-state index in [0.717, 1.165) is 12.8 Å². The predicted molar refractivity (Wildman–Crippen MR) is 203 cm³/mol. The van der Waals surface area contributed by atoms with Gasteiger partial charge in [0.15, 0.2) is 11.5 Å². The molecule has 1 saturated heterocycles. The van der Waals surface area contributed by atoms with Crippen molar-refractivity contribution >= 4 is 55.2 Å². The molecule has 5 atom stereocenters. The fraction of sp³-hybridized carbons (Fsp3) is 0.463. The van der Waals surface area contributed by atoms with Crippen molar-refractivity contribution in [2.45, 2.75) is 101 Å². The summed E-state index contributed by atoms with van der Waals surface area (Å²) in [5.41, 5.74) is -1.14. The third-order valence-corrected chi connectivity index (χ3v) is 14.1. The Labute approximate surface area is 327 Å². The predicted octanol–water partition coefficient (Wildman–Crippen LogP) is 5.59. The number of ether oxygens (including phenoxy) is 1. The van der Waals surface area contributed by atoms with E-state index in [2.05, 4.69) is 20.2 Å². The maximum atomic E-state index is 14.6. The second-order valence-electron chi connectivity index (χ2n) is 16.2. The number of carbonyl (C=O) groups is 4. The van der Waals surface area contributed by atoms with E-state index in [4.69, 9.17) is 9.26 Å². The maximum Gasteiger partial charge on any atom is 0.274 e. The molecular weight excluding hydrogens is 761 g/mol. The lowest BCUT2D eigenvalue weighted by atomic mass is 9.91. The number of Topliss-reactive ketones (excluding diaryl/α,β-unsaturated/α-hetero) is 1. The number of hydrogen-bond acceptors (Lipinski definition) is 10. The number of benzene rings is 2. The molecule has 13 nitrogen and oxygen atoms in total. The quantitative estimate of drug-likeness (QED) is 0.177. The van der Waals surface area contributed by atoms with Crippen molar-refractivity contribution < 1.29 is 45.6 Å². The Bertz CT molecular complexity index is 2450. The van der Waals surface area contributed by atoms with E-state index < -0.39 is 79.4 Å². The zero-order valence-corrected chi connectivity index (χ0v) is 32.4. The standard InChI is InChI=1S/C41H43F2N5O8S/c1-23-16-33(46-56-23)36(50)44-31-9-7-5-3-4-6-8-24-20-41(24,39(52)47-57(53,54)40(2)14-15-40)21-35(49)34-19-27(22-48(34)38(31)51)55-37-29-13-11-25(42)17-30(29)28-12-10-26(43)18-32(28)45-37/h6,8,10-13,16-18,24,27,31,34H,3-5,7,9,14-15,19-22H2,1-2H3,(H,44,50)(H,47,52)/b8-6-/t24?,27-,31+,34+,41-/m1/s1. The van der Waals surface area contributed by atoms with Crippen molar-refractivity contribution in [1.29, 1.82) is 0 Å². The van der Waals surface area contributed by atoms with E-state index in [1.165, 1.54) is 47.4 Å². The van der Waals surface area contributed by atoms with Gasteiger partial charge in [-0.15, -0.1) is 0 Å². The fourth-order valence-electron chi connectivity index (χ4n) is 8.16. The van der Waals surface area contributed by atoms with E-state index in [-0.39, 0.29) is 49.3 Å². The highest BCUT2D eigenvalue weighted by Gasteiger charge is 2.62. The third kappa shape index (κ3) is 7.51. The van der Waals surface area contributed by atoms with Crippen LogP contribution in [0.5, 0.6) is 5.88 Å². The van der Waals surface area contributed by atoms with Crippen LogP contribution in [0.3, 0.4) is 0 Å². The molecule has 0 spiro atoms. The molecule has 2 aliphatic carbocycles. The number of nitrogens with zero attached hydrogens (tertiary/aromatic N) is 3. The number of sulfonamides is 1. The lowest BCUT2D eigenvalue weighted by Crippen LogP contribution is -2.52. The van der Waals surface area contributed by atoms with E-state index in [0.29, 0.717) is 47.6 Å². The number of carbonyl (C=O) groups excluding carboxylic acids is 4. The van der Waals surface area contributed by atoms with E-state index in [1.807, 2.05) is 12.2 Å². The van der Waals surface area contributed by atoms with Crippen LogP contribution >= 0.6 is 0 Å². The molecule has 2 saturated carbocycles. The van der Waals surface area contributed by atoms with Crippen molar-refractivity contribution in [3.63, 3.8) is 0 Å². The molecule has 1 unspecified atom stereocenters. The molecule has 3 fully saturated rings. The summed E-state index contributed by atoms with van der Waals surface area (Å²) in [5, 5.41) is 7.94. The average Bonchev–Trinajstić information content (AvgIpc) is 3.96. The van der Waals surface area contributed by atoms with Gasteiger partial charge in [-0.25, -0.2) is 22.2 Å². The number of rotatable bonds is 7. The molecule has 2 N–H and O–H groups in total. The number of aromatic nitrogens is 2. The number of hydrogen-bond donors (Lipinski definition) is 2. The summed E-state index contributed by atoms with van der Waals surface area (Å²) >= 11 is 0. The molecule has 57 heavy (non-hydrogen) atoms. The van der Waals surface area contributed by atoms with Gasteiger partial charge in [0.05, 0.1) is 28.3 Å². The third-order valence-electron chi connectivity index (χ3n) is 12.0. The molecule has 4 heterocycles. The summed E-state index contributed by atoms with van der Waals surface area (Å²) in [7, 11) is -4.00. The maximum absolute atomic E-state index is 14.6. The summed E-state index contributed by atoms with van der Waals surface area (Å²) in [5.74, 6) is -3.41. The number of nitrogens with one attached hydrogen (secondary N) is 2. The van der Waals surface area contributed by atoms with Gasteiger partial charge in [-0.2, -0.15) is 0 Å². The Morgan fingerprint density at radius 3 is 2.49 bits per heavy atom. The highest BCUT2D eigenvalue weighted by molar-refractivity contribution is 7.91. The first kappa shape index (κ1) is 38.6. The highest BCUT2D eigenvalue weighted by atomic mass is 32.2. The monoisotopic (exact) mass is 803 g/mol. The first-order valence-electron chi connectivity index (χ1n) is 19.3. The minimum absolute atomic E-state index is 0.0125. The van der Waals surface area contributed by atoms with Gasteiger partial charge in [0, 0.05) is 35.7 Å². The molecule has 0 bridgehead atoms. The van der Waals surface area contributed by atoms with Crippen molar-refractivity contribution in [3.05, 3.63) is 77.7 Å². The Balaban J connectivity index is 1.14. The van der Waals surface area contributed by atoms with Gasteiger partial charge in [0.2, 0.25) is 27.7 Å². The number of fused-ring (bicyclic) bond motifs is 5. The molecule has 4 aromatic rings. The summed E-state index contributed by atoms with van der Waals surface area (Å²) in [6.07, 6.45) is 6.68. The number of aryl methyl sites for hydroxylation is 1. The van der Waals surface area contributed by atoms with Crippen molar-refractivity contribution in [1.82, 2.24) is 25.1 Å². The summed E-state index contributed by atoms with van der Waals surface area (Å²) in [4.78, 5) is 62.4. The van der Waals surface area contributed by atoms with Crippen LogP contribution in [-0.2, 0) is 24.4 Å². The zero-order chi connectivity index (χ0) is 40.3. The SMILES string of the molecule is Cc1cc(C(=O)N[C@H]2CCCCC/C=C\C3C[C@@]3(C(=O)NS(=O)(=O)C3(C)CC3)CC(=O)[C@@H]3C[C@@H](Oc4nc5cc(F)ccc5c5cc(F)ccc45)CN3C2=O)no1. The molecular formula is C41H43F2N5O8S. The van der Waals surface area contributed by atoms with Gasteiger partial charge in [-0.05, 0) is 94.0 Å². The molecule has 2 aliphatic heterocycles. The number of ketones is 1. The van der Waals surface area contributed by atoms with Gasteiger partial charge in [-0.3, -0.25) is 23.9 Å². The minimum atomic E-state index is -4.00. The van der Waals surface area contributed by atoms with Crippen LogP contribution in [0, 0.1) is 29.9 Å². The molecule has 8 rings (SSSR count). The zero-order valence-electron chi connectivity index (χ0n) is 31.6. The Kier molecular flexibility index (Phi) is 9.89. The van der Waals surface area contributed by atoms with Crippen LogP contribution in [-0.4, -0.2) is 76.4 Å². The topological polar surface area (TPSA) is 178 Å². The van der Waals surface area contributed by atoms with Gasteiger partial charge >= 0.3 is 0 Å². The summed E-state index contributed by atoms with van der Waals surface area (Å²) in [6.45, 7) is 3.09. The molecule has 0 radical (unpaired) electrons. The average molecular weight is 804 g/mol. The smallest absolute Gasteiger partial charge is 0.274 e. The molecule has 3 amide bonds. The number of amides is 3. The Morgan fingerprint density at radius 1 is 1.00 bits per heavy atom. The van der Waals surface area contributed by atoms with Gasteiger partial charge in [0.1, 0.15) is 29.5 Å². The summed E-state index contributed by atoms with van der Waals surface area (Å²) in [6, 6.07) is 7.26. The first-order valence-corrected chi connectivity index (χ1v) is 20.8.